The van der Waals surface area contributed by atoms with Crippen LogP contribution < -0.4 is 14.8 Å². The minimum absolute atomic E-state index is 0.286. The average Bonchev–Trinajstić information content (AvgIpc) is 3.31. The molecule has 2 heterocycles. The molecule has 0 unspecified atom stereocenters. The monoisotopic (exact) mass is 421 g/mol. The summed E-state index contributed by atoms with van der Waals surface area (Å²) in [5.41, 5.74) is 1.89. The Labute approximate surface area is 176 Å². The second-order valence-corrected chi connectivity index (χ2v) is 7.64. The molecule has 30 heavy (non-hydrogen) atoms. The van der Waals surface area contributed by atoms with Gasteiger partial charge in [0.1, 0.15) is 21.2 Å². The molecule has 152 valence electrons. The predicted molar refractivity (Wildman–Crippen MR) is 116 cm³/mol. The molecule has 8 heteroatoms. The molecule has 0 saturated heterocycles. The molecule has 1 amide bonds. The van der Waals surface area contributed by atoms with Crippen LogP contribution in [0.15, 0.2) is 54.6 Å². The summed E-state index contributed by atoms with van der Waals surface area (Å²) in [6.45, 7) is 1.90. The summed E-state index contributed by atoms with van der Waals surface area (Å²) < 4.78 is 12.4. The Bertz CT molecular complexity index is 1210. The van der Waals surface area contributed by atoms with Gasteiger partial charge in [-0.1, -0.05) is 12.1 Å². The van der Waals surface area contributed by atoms with Gasteiger partial charge in [-0.2, -0.15) is 5.10 Å². The highest BCUT2D eigenvalue weighted by Gasteiger charge is 2.17. The zero-order chi connectivity index (χ0) is 21.3. The van der Waals surface area contributed by atoms with Crippen molar-refractivity contribution in [1.82, 2.24) is 9.78 Å². The van der Waals surface area contributed by atoms with E-state index in [1.807, 2.05) is 14.0 Å². The maximum absolute atomic E-state index is 12.5. The fourth-order valence-corrected chi connectivity index (χ4v) is 4.10. The number of anilines is 1. The third-order valence-corrected chi connectivity index (χ3v) is 5.75. The molecule has 0 saturated carbocycles. The molecule has 0 aliphatic carbocycles. The summed E-state index contributed by atoms with van der Waals surface area (Å²) in [6.07, 6.45) is 0. The van der Waals surface area contributed by atoms with Crippen molar-refractivity contribution in [3.05, 3.63) is 70.7 Å². The molecule has 2 aromatic carbocycles. The minimum atomic E-state index is -0.429. The molecule has 0 radical (unpaired) electrons. The van der Waals surface area contributed by atoms with Crippen molar-refractivity contribution in [3.8, 4) is 11.5 Å². The Balaban J connectivity index is 1.44. The van der Waals surface area contributed by atoms with Gasteiger partial charge in [0, 0.05) is 18.1 Å². The van der Waals surface area contributed by atoms with Gasteiger partial charge in [-0.15, -0.1) is 11.3 Å². The summed E-state index contributed by atoms with van der Waals surface area (Å²) >= 11 is 1.34. The van der Waals surface area contributed by atoms with Crippen molar-refractivity contribution in [2.45, 2.75) is 6.92 Å². The number of methoxy groups -OCH3 is 1. The maximum Gasteiger partial charge on any atom is 0.353 e. The van der Waals surface area contributed by atoms with Crippen LogP contribution in [-0.2, 0) is 7.05 Å². The number of fused-ring (bicyclic) bond motifs is 1. The number of rotatable bonds is 5. The topological polar surface area (TPSA) is 82.4 Å². The smallest absolute Gasteiger partial charge is 0.353 e. The van der Waals surface area contributed by atoms with Crippen molar-refractivity contribution in [1.29, 1.82) is 0 Å². The Morgan fingerprint density at radius 1 is 1.10 bits per heavy atom. The standard InChI is InChI=1S/C22H19N3O4S/c1-13-17-12-19(30-21(17)25(2)24-13)22(27)29-15-10-8-14(9-11-15)23-20(26)16-6-4-5-7-18(16)28-3/h4-12H,1-3H3,(H,23,26). The number of aryl methyl sites for hydroxylation is 2. The van der Waals surface area contributed by atoms with Crippen LogP contribution in [-0.4, -0.2) is 28.8 Å². The van der Waals surface area contributed by atoms with E-state index in [1.165, 1.54) is 18.4 Å². The molecule has 0 bridgehead atoms. The second-order valence-electron chi connectivity index (χ2n) is 6.61. The summed E-state index contributed by atoms with van der Waals surface area (Å²) in [6, 6.07) is 15.4. The van der Waals surface area contributed by atoms with Gasteiger partial charge < -0.3 is 14.8 Å². The quantitative estimate of drug-likeness (QED) is 0.381. The van der Waals surface area contributed by atoms with Crippen LogP contribution in [0.25, 0.3) is 10.2 Å². The molecule has 2 aromatic heterocycles. The zero-order valence-electron chi connectivity index (χ0n) is 16.6. The van der Waals surface area contributed by atoms with Crippen molar-refractivity contribution >= 4 is 39.1 Å². The summed E-state index contributed by atoms with van der Waals surface area (Å²) in [5, 5.41) is 8.09. The van der Waals surface area contributed by atoms with Gasteiger partial charge in [-0.25, -0.2) is 4.79 Å². The first-order valence-electron chi connectivity index (χ1n) is 9.16. The Kier molecular flexibility index (Phi) is 5.24. The van der Waals surface area contributed by atoms with Crippen LogP contribution in [0.3, 0.4) is 0 Å². The SMILES string of the molecule is COc1ccccc1C(=O)Nc1ccc(OC(=O)c2cc3c(C)nn(C)c3s2)cc1. The van der Waals surface area contributed by atoms with Gasteiger partial charge in [-0.05, 0) is 49.4 Å². The minimum Gasteiger partial charge on any atom is -0.496 e. The third kappa shape index (κ3) is 3.77. The molecule has 0 atom stereocenters. The lowest BCUT2D eigenvalue weighted by Crippen LogP contribution is -2.13. The van der Waals surface area contributed by atoms with E-state index in [4.69, 9.17) is 9.47 Å². The number of benzene rings is 2. The molecular formula is C22H19N3O4S. The fourth-order valence-electron chi connectivity index (χ4n) is 3.10. The van der Waals surface area contributed by atoms with Crippen LogP contribution in [0.4, 0.5) is 5.69 Å². The Morgan fingerprint density at radius 3 is 2.53 bits per heavy atom. The number of carbonyl (C=O) groups is 2. The highest BCUT2D eigenvalue weighted by Crippen LogP contribution is 2.29. The Hall–Kier alpha value is -3.65. The van der Waals surface area contributed by atoms with E-state index in [0.717, 1.165) is 15.9 Å². The number of carbonyl (C=O) groups excluding carboxylic acids is 2. The van der Waals surface area contributed by atoms with Gasteiger partial charge >= 0.3 is 5.97 Å². The van der Waals surface area contributed by atoms with Crippen LogP contribution in [0.2, 0.25) is 0 Å². The molecular weight excluding hydrogens is 402 g/mol. The van der Waals surface area contributed by atoms with E-state index < -0.39 is 5.97 Å². The predicted octanol–water partition coefficient (Wildman–Crippen LogP) is 4.42. The molecule has 7 nitrogen and oxygen atoms in total. The van der Waals surface area contributed by atoms with Crippen LogP contribution >= 0.6 is 11.3 Å². The third-order valence-electron chi connectivity index (χ3n) is 4.57. The molecule has 4 aromatic rings. The zero-order valence-corrected chi connectivity index (χ0v) is 17.4. The first kappa shape index (κ1) is 19.7. The number of nitrogens with one attached hydrogen (secondary N) is 1. The van der Waals surface area contributed by atoms with Crippen LogP contribution in [0.1, 0.15) is 25.7 Å². The van der Waals surface area contributed by atoms with Crippen molar-refractivity contribution < 1.29 is 19.1 Å². The van der Waals surface area contributed by atoms with Gasteiger partial charge in [0.2, 0.25) is 0 Å². The van der Waals surface area contributed by atoms with E-state index in [0.29, 0.717) is 27.6 Å². The van der Waals surface area contributed by atoms with E-state index in [1.54, 1.807) is 59.3 Å². The highest BCUT2D eigenvalue weighted by atomic mass is 32.1. The summed E-state index contributed by atoms with van der Waals surface area (Å²) in [5.74, 6) is 0.171. The Morgan fingerprint density at radius 2 is 1.83 bits per heavy atom. The number of ether oxygens (including phenoxy) is 2. The molecule has 0 aliphatic heterocycles. The largest absolute Gasteiger partial charge is 0.496 e. The number of hydrogen-bond donors (Lipinski definition) is 1. The number of amides is 1. The van der Waals surface area contributed by atoms with Crippen molar-refractivity contribution in [2.75, 3.05) is 12.4 Å². The highest BCUT2D eigenvalue weighted by molar-refractivity contribution is 7.20. The van der Waals surface area contributed by atoms with Gasteiger partial charge in [-0.3, -0.25) is 9.48 Å². The molecule has 0 aliphatic rings. The number of para-hydroxylation sites is 1. The van der Waals surface area contributed by atoms with E-state index in [-0.39, 0.29) is 5.91 Å². The number of thiophene rings is 1. The maximum atomic E-state index is 12.5. The normalized spacial score (nSPS) is 10.8. The lowest BCUT2D eigenvalue weighted by molar-refractivity contribution is 0.0739. The fraction of sp³-hybridized carbons (Fsp3) is 0.136. The number of aromatic nitrogens is 2. The van der Waals surface area contributed by atoms with Crippen LogP contribution in [0.5, 0.6) is 11.5 Å². The summed E-state index contributed by atoms with van der Waals surface area (Å²) in [7, 11) is 3.36. The number of esters is 1. The first-order chi connectivity index (χ1) is 14.5. The van der Waals surface area contributed by atoms with Gasteiger partial charge in [0.25, 0.3) is 5.91 Å². The van der Waals surface area contributed by atoms with E-state index in [2.05, 4.69) is 10.4 Å². The van der Waals surface area contributed by atoms with E-state index >= 15 is 0 Å². The lowest BCUT2D eigenvalue weighted by Gasteiger charge is -2.09. The number of nitrogens with zero attached hydrogens (tertiary/aromatic N) is 2. The molecule has 0 spiro atoms. The van der Waals surface area contributed by atoms with Crippen molar-refractivity contribution in [2.24, 2.45) is 7.05 Å². The average molecular weight is 421 g/mol. The van der Waals surface area contributed by atoms with Gasteiger partial charge in [0.15, 0.2) is 0 Å². The number of hydrogen-bond acceptors (Lipinski definition) is 6. The molecule has 4 rings (SSSR count). The summed E-state index contributed by atoms with van der Waals surface area (Å²) in [4.78, 5) is 26.4. The second kappa shape index (κ2) is 8.00. The first-order valence-corrected chi connectivity index (χ1v) is 9.97. The molecule has 0 fully saturated rings. The molecule has 1 N–H and O–H groups in total. The van der Waals surface area contributed by atoms with Crippen LogP contribution in [0, 0.1) is 6.92 Å². The lowest BCUT2D eigenvalue weighted by atomic mass is 10.2. The van der Waals surface area contributed by atoms with E-state index in [9.17, 15) is 9.59 Å². The van der Waals surface area contributed by atoms with Crippen molar-refractivity contribution in [3.63, 3.8) is 0 Å². The van der Waals surface area contributed by atoms with Gasteiger partial charge in [0.05, 0.1) is 18.4 Å².